The number of carbonyl (C=O) groups is 3. The summed E-state index contributed by atoms with van der Waals surface area (Å²) in [5.74, 6) is -2.81. The molecule has 2 aromatic carbocycles. The Morgan fingerprint density at radius 1 is 1.21 bits per heavy atom. The van der Waals surface area contributed by atoms with Gasteiger partial charge in [-0.2, -0.15) is 0 Å². The van der Waals surface area contributed by atoms with Gasteiger partial charge in [0.15, 0.2) is 5.13 Å². The summed E-state index contributed by atoms with van der Waals surface area (Å²) in [5, 5.41) is 11.5. The second kappa shape index (κ2) is 11.6. The van der Waals surface area contributed by atoms with Crippen molar-refractivity contribution in [2.75, 3.05) is 18.1 Å². The van der Waals surface area contributed by atoms with Gasteiger partial charge in [-0.1, -0.05) is 43.0 Å². The van der Waals surface area contributed by atoms with Gasteiger partial charge in [0.25, 0.3) is 5.78 Å². The van der Waals surface area contributed by atoms with Gasteiger partial charge in [-0.25, -0.2) is 14.2 Å². The Bertz CT molecular complexity index is 1480. The van der Waals surface area contributed by atoms with E-state index in [1.807, 2.05) is 6.92 Å². The number of hydrogen-bond donors (Lipinski definition) is 1. The SMILES string of the molecule is C=CCOC(=O)c1sc(N2C(=O)C(=O)C(=C(O)c3ccc(OCCC)cc3C)C2c2ccc(F)cc2)nc1C. The number of ether oxygens (including phenoxy) is 2. The van der Waals surface area contributed by atoms with Gasteiger partial charge < -0.3 is 14.6 Å². The monoisotopic (exact) mass is 550 g/mol. The number of halogens is 1. The van der Waals surface area contributed by atoms with E-state index in [2.05, 4.69) is 11.6 Å². The Balaban J connectivity index is 1.85. The van der Waals surface area contributed by atoms with Crippen LogP contribution in [0.3, 0.4) is 0 Å². The van der Waals surface area contributed by atoms with E-state index in [1.165, 1.54) is 30.3 Å². The van der Waals surface area contributed by atoms with E-state index in [0.717, 1.165) is 22.7 Å². The van der Waals surface area contributed by atoms with Gasteiger partial charge in [0.2, 0.25) is 0 Å². The zero-order chi connectivity index (χ0) is 28.3. The van der Waals surface area contributed by atoms with E-state index in [-0.39, 0.29) is 27.9 Å². The van der Waals surface area contributed by atoms with Crippen LogP contribution < -0.4 is 9.64 Å². The minimum atomic E-state index is -1.12. The third-order valence-corrected chi connectivity index (χ3v) is 7.20. The summed E-state index contributed by atoms with van der Waals surface area (Å²) < 4.78 is 24.6. The van der Waals surface area contributed by atoms with Gasteiger partial charge in [0.1, 0.15) is 28.8 Å². The number of amides is 1. The van der Waals surface area contributed by atoms with Crippen molar-refractivity contribution < 1.29 is 33.4 Å². The maximum absolute atomic E-state index is 13.8. The largest absolute Gasteiger partial charge is 0.507 e. The van der Waals surface area contributed by atoms with Crippen LogP contribution in [0.1, 0.15) is 51.4 Å². The van der Waals surface area contributed by atoms with Crippen molar-refractivity contribution in [3.63, 3.8) is 0 Å². The molecule has 39 heavy (non-hydrogen) atoms. The van der Waals surface area contributed by atoms with Crippen molar-refractivity contribution in [3.8, 4) is 5.75 Å². The van der Waals surface area contributed by atoms with Crippen LogP contribution in [0.4, 0.5) is 9.52 Å². The number of Topliss-reactive ketones (excluding diaryl/α,β-unsaturated/α-hetero) is 1. The van der Waals surface area contributed by atoms with Crippen molar-refractivity contribution in [1.29, 1.82) is 0 Å². The summed E-state index contributed by atoms with van der Waals surface area (Å²) >= 11 is 0.883. The summed E-state index contributed by atoms with van der Waals surface area (Å²) in [6, 6.07) is 9.17. The van der Waals surface area contributed by atoms with Gasteiger partial charge in [-0.05, 0) is 61.7 Å². The van der Waals surface area contributed by atoms with E-state index in [9.17, 15) is 23.9 Å². The Morgan fingerprint density at radius 2 is 1.92 bits per heavy atom. The molecule has 0 radical (unpaired) electrons. The lowest BCUT2D eigenvalue weighted by Gasteiger charge is -2.23. The van der Waals surface area contributed by atoms with Crippen molar-refractivity contribution in [2.24, 2.45) is 0 Å². The molecule has 3 aromatic rings. The molecule has 1 aliphatic rings. The minimum Gasteiger partial charge on any atom is -0.507 e. The number of rotatable bonds is 9. The van der Waals surface area contributed by atoms with Crippen LogP contribution in [0.15, 0.2) is 60.7 Å². The van der Waals surface area contributed by atoms with E-state index < -0.39 is 29.5 Å². The molecule has 1 N–H and O–H groups in total. The van der Waals surface area contributed by atoms with E-state index in [1.54, 1.807) is 32.0 Å². The number of aryl methyl sites for hydroxylation is 2. The topological polar surface area (TPSA) is 106 Å². The van der Waals surface area contributed by atoms with Crippen LogP contribution in [0.25, 0.3) is 5.76 Å². The number of anilines is 1. The van der Waals surface area contributed by atoms with Crippen molar-refractivity contribution in [3.05, 3.63) is 93.8 Å². The molecule has 0 bridgehead atoms. The van der Waals surface area contributed by atoms with Gasteiger partial charge in [-0.15, -0.1) is 0 Å². The molecule has 8 nitrogen and oxygen atoms in total. The second-order valence-electron chi connectivity index (χ2n) is 8.84. The molecule has 1 aliphatic heterocycles. The zero-order valence-corrected chi connectivity index (χ0v) is 22.5. The quantitative estimate of drug-likeness (QED) is 0.121. The molecule has 1 amide bonds. The van der Waals surface area contributed by atoms with Crippen LogP contribution in [0.2, 0.25) is 0 Å². The number of benzene rings is 2. The maximum Gasteiger partial charge on any atom is 0.350 e. The highest BCUT2D eigenvalue weighted by molar-refractivity contribution is 7.17. The number of aliphatic hydroxyl groups is 1. The first-order valence-electron chi connectivity index (χ1n) is 12.2. The predicted octanol–water partition coefficient (Wildman–Crippen LogP) is 5.66. The Hall–Kier alpha value is -4.31. The molecule has 2 heterocycles. The number of ketones is 1. The third-order valence-electron chi connectivity index (χ3n) is 6.07. The first-order valence-corrected chi connectivity index (χ1v) is 13.0. The van der Waals surface area contributed by atoms with E-state index in [0.29, 0.717) is 34.7 Å². The van der Waals surface area contributed by atoms with Crippen LogP contribution in [-0.4, -0.2) is 41.0 Å². The highest BCUT2D eigenvalue weighted by atomic mass is 32.1. The standard InChI is InChI=1S/C29H27FN2O6S/c1-5-13-37-20-11-12-21(16(3)15-20)24(33)22-23(18-7-9-19(30)10-8-18)32(27(35)25(22)34)29-31-17(4)26(39-29)28(36)38-14-6-2/h6-12,15,23,33H,2,5,13-14H2,1,3-4H3. The van der Waals surface area contributed by atoms with Gasteiger partial charge >= 0.3 is 11.9 Å². The molecule has 10 heteroatoms. The lowest BCUT2D eigenvalue weighted by molar-refractivity contribution is -0.132. The van der Waals surface area contributed by atoms with Gasteiger partial charge in [0, 0.05) is 5.56 Å². The lowest BCUT2D eigenvalue weighted by Crippen LogP contribution is -2.29. The van der Waals surface area contributed by atoms with Gasteiger partial charge in [0.05, 0.1) is 23.9 Å². The summed E-state index contributed by atoms with van der Waals surface area (Å²) in [7, 11) is 0. The average Bonchev–Trinajstić information content (AvgIpc) is 3.42. The highest BCUT2D eigenvalue weighted by Gasteiger charge is 2.48. The van der Waals surface area contributed by atoms with Crippen LogP contribution >= 0.6 is 11.3 Å². The summed E-state index contributed by atoms with van der Waals surface area (Å²) in [6.07, 6.45) is 2.25. The smallest absolute Gasteiger partial charge is 0.350 e. The maximum atomic E-state index is 13.8. The molecule has 0 spiro atoms. The molecule has 1 aromatic heterocycles. The third kappa shape index (κ3) is 5.46. The molecule has 1 unspecified atom stereocenters. The molecule has 1 atom stereocenters. The van der Waals surface area contributed by atoms with Crippen LogP contribution in [0.5, 0.6) is 5.75 Å². The fraction of sp³-hybridized carbons (Fsp3) is 0.241. The summed E-state index contributed by atoms with van der Waals surface area (Å²) in [6.45, 7) is 9.35. The number of thiazole rings is 1. The summed E-state index contributed by atoms with van der Waals surface area (Å²) in [5.41, 5.74) is 1.47. The fourth-order valence-electron chi connectivity index (χ4n) is 4.22. The van der Waals surface area contributed by atoms with Gasteiger partial charge in [-0.3, -0.25) is 14.5 Å². The first kappa shape index (κ1) is 27.7. The van der Waals surface area contributed by atoms with E-state index >= 15 is 0 Å². The lowest BCUT2D eigenvalue weighted by atomic mass is 9.94. The molecule has 1 saturated heterocycles. The second-order valence-corrected chi connectivity index (χ2v) is 9.82. The normalized spacial score (nSPS) is 16.4. The van der Waals surface area contributed by atoms with Crippen molar-refractivity contribution >= 4 is 39.9 Å². The number of esters is 1. The van der Waals surface area contributed by atoms with Crippen LogP contribution in [-0.2, 0) is 14.3 Å². The molecule has 4 rings (SSSR count). The van der Waals surface area contributed by atoms with Crippen molar-refractivity contribution in [2.45, 2.75) is 33.2 Å². The fourth-order valence-corrected chi connectivity index (χ4v) is 5.21. The number of aromatic nitrogens is 1. The molecule has 1 fully saturated rings. The predicted molar refractivity (Wildman–Crippen MR) is 145 cm³/mol. The molecule has 0 saturated carbocycles. The Morgan fingerprint density at radius 3 is 2.56 bits per heavy atom. The minimum absolute atomic E-state index is 0.00672. The zero-order valence-electron chi connectivity index (χ0n) is 21.7. The Kier molecular flexibility index (Phi) is 8.25. The van der Waals surface area contributed by atoms with E-state index in [4.69, 9.17) is 9.47 Å². The average molecular weight is 551 g/mol. The first-order chi connectivity index (χ1) is 18.7. The van der Waals surface area contributed by atoms with Crippen LogP contribution in [0, 0.1) is 19.7 Å². The number of nitrogens with zero attached hydrogens (tertiary/aromatic N) is 2. The number of aliphatic hydroxyl groups excluding tert-OH is 1. The molecule has 0 aliphatic carbocycles. The highest BCUT2D eigenvalue weighted by Crippen LogP contribution is 2.44. The number of hydrogen-bond acceptors (Lipinski definition) is 8. The number of carbonyl (C=O) groups excluding carboxylic acids is 3. The molecular weight excluding hydrogens is 523 g/mol. The van der Waals surface area contributed by atoms with Crippen molar-refractivity contribution in [1.82, 2.24) is 4.98 Å². The Labute approximate surface area is 229 Å². The molecule has 202 valence electrons. The summed E-state index contributed by atoms with van der Waals surface area (Å²) in [4.78, 5) is 45.0. The molecular formula is C29H27FN2O6S.